The predicted molar refractivity (Wildman–Crippen MR) is 114 cm³/mol. The predicted octanol–water partition coefficient (Wildman–Crippen LogP) is 4.19. The molecule has 0 amide bonds. The fourth-order valence-electron chi connectivity index (χ4n) is 4.14. The second-order valence-electron chi connectivity index (χ2n) is 7.85. The Hall–Kier alpha value is -3.67. The van der Waals surface area contributed by atoms with Crippen molar-refractivity contribution in [1.29, 1.82) is 0 Å². The number of anilines is 1. The summed E-state index contributed by atoms with van der Waals surface area (Å²) in [5, 5.41) is 17.1. The van der Waals surface area contributed by atoms with Gasteiger partial charge in [-0.3, -0.25) is 4.68 Å². The molecule has 33 heavy (non-hydrogen) atoms. The van der Waals surface area contributed by atoms with Crippen LogP contribution in [-0.2, 0) is 7.05 Å². The molecule has 0 fully saturated rings. The monoisotopic (exact) mass is 473 g/mol. The summed E-state index contributed by atoms with van der Waals surface area (Å²) >= 11 is 5.94. The van der Waals surface area contributed by atoms with Crippen LogP contribution in [0.2, 0.25) is 5.02 Å². The Kier molecular flexibility index (Phi) is 4.18. The first-order chi connectivity index (χ1) is 15.8. The third kappa shape index (κ3) is 3.20. The van der Waals surface area contributed by atoms with Crippen molar-refractivity contribution in [2.75, 3.05) is 5.32 Å². The van der Waals surface area contributed by atoms with Gasteiger partial charge in [0.1, 0.15) is 17.8 Å². The van der Waals surface area contributed by atoms with Crippen molar-refractivity contribution in [3.05, 3.63) is 53.4 Å². The molecule has 9 nitrogen and oxygen atoms in total. The quantitative estimate of drug-likeness (QED) is 0.413. The van der Waals surface area contributed by atoms with Crippen molar-refractivity contribution >= 4 is 34.1 Å². The molecule has 6 rings (SSSR count). The second kappa shape index (κ2) is 6.91. The number of alkyl halides is 3. The Labute approximate surface area is 188 Å². The summed E-state index contributed by atoms with van der Waals surface area (Å²) in [6, 6.07) is 5.93. The Morgan fingerprint density at radius 3 is 2.67 bits per heavy atom. The van der Waals surface area contributed by atoms with E-state index in [1.165, 1.54) is 16.9 Å². The van der Waals surface area contributed by atoms with Gasteiger partial charge in [0.25, 0.3) is 0 Å². The van der Waals surface area contributed by atoms with Crippen LogP contribution in [0.1, 0.15) is 24.1 Å². The van der Waals surface area contributed by atoms with Crippen LogP contribution in [0.25, 0.3) is 28.2 Å². The molecular formula is C20H15ClF3N9. The number of aryl methyl sites for hydroxylation is 1. The average molecular weight is 474 g/mol. The number of aromatic nitrogens is 8. The van der Waals surface area contributed by atoms with E-state index in [1.54, 1.807) is 42.2 Å². The number of nitrogens with zero attached hydrogens (tertiary/aromatic N) is 8. The zero-order valence-corrected chi connectivity index (χ0v) is 17.7. The van der Waals surface area contributed by atoms with E-state index in [9.17, 15) is 13.2 Å². The molecule has 5 aromatic rings. The van der Waals surface area contributed by atoms with E-state index < -0.39 is 18.3 Å². The molecule has 168 valence electrons. The van der Waals surface area contributed by atoms with E-state index in [0.717, 1.165) is 4.68 Å². The maximum atomic E-state index is 14.0. The second-order valence-corrected chi connectivity index (χ2v) is 8.29. The molecular weight excluding hydrogens is 459 g/mol. The van der Waals surface area contributed by atoms with Gasteiger partial charge in [-0.05, 0) is 17.7 Å². The summed E-state index contributed by atoms with van der Waals surface area (Å²) < 4.78 is 45.9. The highest BCUT2D eigenvalue weighted by Crippen LogP contribution is 2.44. The van der Waals surface area contributed by atoms with E-state index >= 15 is 0 Å². The van der Waals surface area contributed by atoms with Gasteiger partial charge in [-0.15, -0.1) is 5.10 Å². The first-order valence-electron chi connectivity index (χ1n) is 9.99. The lowest BCUT2D eigenvalue weighted by Crippen LogP contribution is -2.35. The van der Waals surface area contributed by atoms with E-state index in [1.807, 2.05) is 0 Å². The first-order valence-corrected chi connectivity index (χ1v) is 10.4. The molecule has 0 bridgehead atoms. The van der Waals surface area contributed by atoms with Crippen LogP contribution in [-0.4, -0.2) is 45.3 Å². The number of nitrogens with one attached hydrogen (secondary N) is 1. The average Bonchev–Trinajstić information content (AvgIpc) is 3.48. The van der Waals surface area contributed by atoms with Crippen LogP contribution in [0.5, 0.6) is 0 Å². The lowest BCUT2D eigenvalue weighted by Gasteiger charge is -2.33. The number of benzene rings is 1. The molecule has 0 radical (unpaired) electrons. The summed E-state index contributed by atoms with van der Waals surface area (Å²) in [4.78, 5) is 8.80. The topological polar surface area (TPSA) is 90.8 Å². The lowest BCUT2D eigenvalue weighted by atomic mass is 9.97. The number of hydrogen-bond donors (Lipinski definition) is 1. The lowest BCUT2D eigenvalue weighted by molar-refractivity contribution is -0.173. The maximum Gasteiger partial charge on any atom is 0.410 e. The number of fused-ring (bicyclic) bond motifs is 4. The third-order valence-corrected chi connectivity index (χ3v) is 6.01. The van der Waals surface area contributed by atoms with E-state index in [4.69, 9.17) is 11.6 Å². The number of halogens is 4. The van der Waals surface area contributed by atoms with Crippen molar-refractivity contribution in [1.82, 2.24) is 39.1 Å². The minimum Gasteiger partial charge on any atom is -0.363 e. The normalized spacial score (nSPS) is 18.6. The molecule has 13 heteroatoms. The van der Waals surface area contributed by atoms with Gasteiger partial charge in [0, 0.05) is 24.6 Å². The number of rotatable bonds is 2. The zero-order chi connectivity index (χ0) is 22.9. The molecule has 1 N–H and O–H groups in total. The number of hydrogen-bond acceptors (Lipinski definition) is 6. The van der Waals surface area contributed by atoms with E-state index in [2.05, 4.69) is 30.6 Å². The van der Waals surface area contributed by atoms with Gasteiger partial charge in [-0.25, -0.2) is 19.2 Å². The Morgan fingerprint density at radius 2 is 1.91 bits per heavy atom. The van der Waals surface area contributed by atoms with Crippen LogP contribution in [0.4, 0.5) is 19.0 Å². The molecule has 1 aliphatic heterocycles. The summed E-state index contributed by atoms with van der Waals surface area (Å²) in [6.07, 6.45) is -1.59. The fourth-order valence-corrected chi connectivity index (χ4v) is 4.27. The Balaban J connectivity index is 1.44. The largest absolute Gasteiger partial charge is 0.410 e. The summed E-state index contributed by atoms with van der Waals surface area (Å²) in [7, 11) is 1.76. The Morgan fingerprint density at radius 1 is 1.12 bits per heavy atom. The molecule has 0 aliphatic carbocycles. The molecule has 0 saturated carbocycles. The van der Waals surface area contributed by atoms with Gasteiger partial charge >= 0.3 is 6.18 Å². The van der Waals surface area contributed by atoms with Crippen LogP contribution in [0.15, 0.2) is 42.9 Å². The standard InChI is InChI=1S/C20H15ClF3N9/c1-31-18-12(8-26-31)19-28-17(30-32(19)9-25-18)14-7-16-27-13(10-2-4-11(21)5-3-10)6-15(20(22,23)24)33(16)29-14/h2-5,7-9,13,15,27H,6H2,1H3. The third-order valence-electron chi connectivity index (χ3n) is 5.76. The van der Waals surface area contributed by atoms with Gasteiger partial charge < -0.3 is 5.32 Å². The van der Waals surface area contributed by atoms with E-state index in [-0.39, 0.29) is 23.8 Å². The van der Waals surface area contributed by atoms with Gasteiger partial charge in [0.15, 0.2) is 17.3 Å². The molecule has 0 saturated heterocycles. The summed E-state index contributed by atoms with van der Waals surface area (Å²) in [5.41, 5.74) is 2.05. The fraction of sp³-hybridized carbons (Fsp3) is 0.250. The van der Waals surface area contributed by atoms with Crippen molar-refractivity contribution in [2.24, 2.45) is 7.05 Å². The summed E-state index contributed by atoms with van der Waals surface area (Å²) in [5.74, 6) is 0.433. The van der Waals surface area contributed by atoms with Crippen molar-refractivity contribution in [3.8, 4) is 11.5 Å². The van der Waals surface area contributed by atoms with E-state index in [0.29, 0.717) is 27.3 Å². The van der Waals surface area contributed by atoms with Gasteiger partial charge in [0.2, 0.25) is 5.82 Å². The van der Waals surface area contributed by atoms with Crippen LogP contribution in [0, 0.1) is 0 Å². The highest BCUT2D eigenvalue weighted by Gasteiger charge is 2.46. The highest BCUT2D eigenvalue weighted by molar-refractivity contribution is 6.30. The van der Waals surface area contributed by atoms with Crippen LogP contribution >= 0.6 is 11.6 Å². The summed E-state index contributed by atoms with van der Waals surface area (Å²) in [6.45, 7) is 0. The van der Waals surface area contributed by atoms with Crippen LogP contribution in [0.3, 0.4) is 0 Å². The molecule has 2 unspecified atom stereocenters. The Bertz CT molecular complexity index is 1500. The molecule has 1 aliphatic rings. The van der Waals surface area contributed by atoms with Crippen molar-refractivity contribution in [3.63, 3.8) is 0 Å². The smallest absolute Gasteiger partial charge is 0.363 e. The maximum absolute atomic E-state index is 14.0. The van der Waals surface area contributed by atoms with Gasteiger partial charge in [0.05, 0.1) is 17.6 Å². The highest BCUT2D eigenvalue weighted by atomic mass is 35.5. The van der Waals surface area contributed by atoms with Gasteiger partial charge in [-0.2, -0.15) is 23.4 Å². The zero-order valence-electron chi connectivity index (χ0n) is 17.0. The molecule has 5 heterocycles. The van der Waals surface area contributed by atoms with Crippen LogP contribution < -0.4 is 5.32 Å². The molecule has 1 aromatic carbocycles. The van der Waals surface area contributed by atoms with Crippen molar-refractivity contribution < 1.29 is 13.2 Å². The van der Waals surface area contributed by atoms with Crippen molar-refractivity contribution in [2.45, 2.75) is 24.7 Å². The molecule has 2 atom stereocenters. The minimum atomic E-state index is -4.48. The van der Waals surface area contributed by atoms with Gasteiger partial charge in [-0.1, -0.05) is 23.7 Å². The molecule has 4 aromatic heterocycles. The first kappa shape index (κ1) is 20.0. The molecule has 0 spiro atoms. The minimum absolute atomic E-state index is 0.195. The SMILES string of the molecule is Cn1ncc2c1ncn1nc(-c3cc4n(n3)C(C(F)(F)F)CC(c3ccc(Cl)cc3)N4)nc21.